The van der Waals surface area contributed by atoms with Crippen molar-refractivity contribution >= 4 is 0 Å². The first-order valence-electron chi connectivity index (χ1n) is 7.99. The maximum atomic E-state index is 14.3. The highest BCUT2D eigenvalue weighted by Crippen LogP contribution is 2.40. The van der Waals surface area contributed by atoms with Gasteiger partial charge in [-0.3, -0.25) is 4.90 Å². The van der Waals surface area contributed by atoms with Crippen molar-refractivity contribution in [3.63, 3.8) is 0 Å². The van der Waals surface area contributed by atoms with Crippen LogP contribution in [-0.2, 0) is 6.54 Å². The second kappa shape index (κ2) is 6.13. The van der Waals surface area contributed by atoms with Gasteiger partial charge in [-0.15, -0.1) is 0 Å². The molecule has 0 spiro atoms. The lowest BCUT2D eigenvalue weighted by Crippen LogP contribution is -2.53. The Hall–Kier alpha value is -1.20. The maximum Gasteiger partial charge on any atom is 0.172 e. The third-order valence-corrected chi connectivity index (χ3v) is 5.26. The van der Waals surface area contributed by atoms with Crippen molar-refractivity contribution in [3.8, 4) is 5.75 Å². The quantitative estimate of drug-likeness (QED) is 0.931. The third-order valence-electron chi connectivity index (χ3n) is 5.26. The van der Waals surface area contributed by atoms with Crippen LogP contribution in [0.15, 0.2) is 12.1 Å². The van der Waals surface area contributed by atoms with E-state index in [1.54, 1.807) is 0 Å². The molecule has 0 amide bonds. The monoisotopic (exact) mass is 311 g/mol. The van der Waals surface area contributed by atoms with Crippen molar-refractivity contribution in [3.05, 3.63) is 29.3 Å². The van der Waals surface area contributed by atoms with Gasteiger partial charge in [0.2, 0.25) is 0 Å². The van der Waals surface area contributed by atoms with Crippen molar-refractivity contribution in [2.24, 2.45) is 5.92 Å². The van der Waals surface area contributed by atoms with Crippen LogP contribution >= 0.6 is 0 Å². The number of aliphatic hydroxyl groups is 1. The minimum atomic E-state index is -0.619. The molecule has 0 bridgehead atoms. The summed E-state index contributed by atoms with van der Waals surface area (Å²) in [5.41, 5.74) is -0.513. The van der Waals surface area contributed by atoms with E-state index in [1.807, 2.05) is 4.90 Å². The molecule has 22 heavy (non-hydrogen) atoms. The zero-order valence-corrected chi connectivity index (χ0v) is 12.9. The molecule has 2 atom stereocenters. The molecule has 5 heteroatoms. The molecule has 3 nitrogen and oxygen atoms in total. The largest absolute Gasteiger partial charge is 0.494 e. The number of ether oxygens (including phenoxy) is 1. The fourth-order valence-electron chi connectivity index (χ4n) is 3.89. The molecular weight excluding hydrogens is 288 g/mol. The van der Waals surface area contributed by atoms with Gasteiger partial charge in [0.05, 0.1) is 12.7 Å². The number of likely N-dealkylation sites (tertiary alicyclic amines) is 1. The summed E-state index contributed by atoms with van der Waals surface area (Å²) in [5.74, 6) is -0.871. The molecule has 0 unspecified atom stereocenters. The summed E-state index contributed by atoms with van der Waals surface area (Å²) in [6, 6.07) is 2.56. The van der Waals surface area contributed by atoms with Crippen LogP contribution in [0.1, 0.15) is 37.7 Å². The van der Waals surface area contributed by atoms with Gasteiger partial charge in [-0.1, -0.05) is 12.8 Å². The summed E-state index contributed by atoms with van der Waals surface area (Å²) >= 11 is 0. The van der Waals surface area contributed by atoms with Gasteiger partial charge in [0.15, 0.2) is 11.6 Å². The molecule has 0 aromatic heterocycles. The first kappa shape index (κ1) is 15.7. The lowest BCUT2D eigenvalue weighted by molar-refractivity contribution is -0.0970. The minimum absolute atomic E-state index is 0.0561. The average Bonchev–Trinajstić information content (AvgIpc) is 2.51. The zero-order chi connectivity index (χ0) is 15.7. The zero-order valence-electron chi connectivity index (χ0n) is 12.9. The Morgan fingerprint density at radius 2 is 2.14 bits per heavy atom. The smallest absolute Gasteiger partial charge is 0.172 e. The van der Waals surface area contributed by atoms with Crippen molar-refractivity contribution < 1.29 is 18.6 Å². The summed E-state index contributed by atoms with van der Waals surface area (Å²) < 4.78 is 33.1. The van der Waals surface area contributed by atoms with Crippen LogP contribution in [0.3, 0.4) is 0 Å². The molecule has 1 aromatic rings. The molecule has 122 valence electrons. The first-order valence-corrected chi connectivity index (χ1v) is 7.99. The molecule has 1 heterocycles. The Balaban J connectivity index is 1.75. The van der Waals surface area contributed by atoms with E-state index in [-0.39, 0.29) is 23.8 Å². The van der Waals surface area contributed by atoms with Crippen LogP contribution in [-0.4, -0.2) is 35.8 Å². The van der Waals surface area contributed by atoms with E-state index in [9.17, 15) is 13.9 Å². The van der Waals surface area contributed by atoms with E-state index in [0.29, 0.717) is 19.5 Å². The molecule has 1 aromatic carbocycles. The van der Waals surface area contributed by atoms with Crippen LogP contribution in [0, 0.1) is 17.6 Å². The average molecular weight is 311 g/mol. The van der Waals surface area contributed by atoms with Gasteiger partial charge >= 0.3 is 0 Å². The number of hydrogen-bond acceptors (Lipinski definition) is 3. The fourth-order valence-corrected chi connectivity index (χ4v) is 3.89. The van der Waals surface area contributed by atoms with Crippen LogP contribution in [0.25, 0.3) is 0 Å². The molecule has 1 aliphatic carbocycles. The molecular formula is C17H23F2NO2. The van der Waals surface area contributed by atoms with E-state index in [0.717, 1.165) is 25.7 Å². The van der Waals surface area contributed by atoms with Crippen LogP contribution < -0.4 is 4.74 Å². The highest BCUT2D eigenvalue weighted by atomic mass is 19.1. The van der Waals surface area contributed by atoms with Crippen LogP contribution in [0.4, 0.5) is 8.78 Å². The highest BCUT2D eigenvalue weighted by molar-refractivity contribution is 5.32. The van der Waals surface area contributed by atoms with E-state index >= 15 is 0 Å². The predicted octanol–water partition coefficient (Wildman–Crippen LogP) is 3.10. The minimum Gasteiger partial charge on any atom is -0.494 e. The Labute approximate surface area is 129 Å². The van der Waals surface area contributed by atoms with Crippen LogP contribution in [0.2, 0.25) is 0 Å². The van der Waals surface area contributed by atoms with Gasteiger partial charge < -0.3 is 9.84 Å². The molecule has 0 radical (unpaired) electrons. The Kier molecular flexibility index (Phi) is 4.37. The van der Waals surface area contributed by atoms with Gasteiger partial charge in [-0.25, -0.2) is 8.78 Å². The Morgan fingerprint density at radius 1 is 1.32 bits per heavy atom. The molecule has 3 rings (SSSR count). The standard InChI is InChI=1S/C17H23F2NO2/c1-22-15-6-5-14(18)13(16(15)19)11-20-9-8-17(21)7-3-2-4-12(17)10-20/h5-6,12,21H,2-4,7-11H2,1H3/t12-,17-/m0/s1. The molecule has 1 saturated heterocycles. The first-order chi connectivity index (χ1) is 10.5. The number of fused-ring (bicyclic) bond motifs is 1. The van der Waals surface area contributed by atoms with E-state index < -0.39 is 17.2 Å². The lowest BCUT2D eigenvalue weighted by Gasteiger charge is -2.47. The summed E-state index contributed by atoms with van der Waals surface area (Å²) in [6.45, 7) is 1.59. The number of benzene rings is 1. The normalized spacial score (nSPS) is 29.2. The number of nitrogens with zero attached hydrogens (tertiary/aromatic N) is 1. The van der Waals surface area contributed by atoms with Crippen LogP contribution in [0.5, 0.6) is 5.75 Å². The van der Waals surface area contributed by atoms with Crippen molar-refractivity contribution in [1.82, 2.24) is 4.90 Å². The van der Waals surface area contributed by atoms with E-state index in [1.165, 1.54) is 19.2 Å². The van der Waals surface area contributed by atoms with Gasteiger partial charge in [0.1, 0.15) is 5.82 Å². The Morgan fingerprint density at radius 3 is 2.91 bits per heavy atom. The fraction of sp³-hybridized carbons (Fsp3) is 0.647. The van der Waals surface area contributed by atoms with Crippen molar-refractivity contribution in [1.29, 1.82) is 0 Å². The summed E-state index contributed by atoms with van der Waals surface area (Å²) in [5, 5.41) is 10.7. The SMILES string of the molecule is COc1ccc(F)c(CN2CC[C@@]3(O)CCCC[C@H]3C2)c1F. The Bertz CT molecular complexity index is 552. The second-order valence-corrected chi connectivity index (χ2v) is 6.57. The predicted molar refractivity (Wildman–Crippen MR) is 79.7 cm³/mol. The number of methoxy groups -OCH3 is 1. The van der Waals surface area contributed by atoms with E-state index in [4.69, 9.17) is 4.74 Å². The van der Waals surface area contributed by atoms with Gasteiger partial charge in [0, 0.05) is 31.1 Å². The summed E-state index contributed by atoms with van der Waals surface area (Å²) in [7, 11) is 1.38. The third kappa shape index (κ3) is 2.84. The molecule has 1 saturated carbocycles. The second-order valence-electron chi connectivity index (χ2n) is 6.57. The summed E-state index contributed by atoms with van der Waals surface area (Å²) in [6.07, 6.45) is 4.74. The molecule has 1 aliphatic heterocycles. The van der Waals surface area contributed by atoms with Crippen molar-refractivity contribution in [2.45, 2.75) is 44.2 Å². The molecule has 1 N–H and O–H groups in total. The highest BCUT2D eigenvalue weighted by Gasteiger charge is 2.42. The number of hydrogen-bond donors (Lipinski definition) is 1. The number of rotatable bonds is 3. The topological polar surface area (TPSA) is 32.7 Å². The number of halogens is 2. The van der Waals surface area contributed by atoms with Gasteiger partial charge in [0.25, 0.3) is 0 Å². The van der Waals surface area contributed by atoms with Crippen molar-refractivity contribution in [2.75, 3.05) is 20.2 Å². The summed E-state index contributed by atoms with van der Waals surface area (Å²) in [4.78, 5) is 2.05. The maximum absolute atomic E-state index is 14.3. The molecule has 2 fully saturated rings. The number of piperidine rings is 1. The molecule has 2 aliphatic rings. The lowest BCUT2D eigenvalue weighted by atomic mass is 9.71. The van der Waals surface area contributed by atoms with Gasteiger partial charge in [-0.05, 0) is 31.4 Å². The van der Waals surface area contributed by atoms with E-state index in [2.05, 4.69) is 0 Å². The van der Waals surface area contributed by atoms with Gasteiger partial charge in [-0.2, -0.15) is 0 Å².